The fourth-order valence-corrected chi connectivity index (χ4v) is 6.69. The molecule has 3 aliphatic rings. The van der Waals surface area contributed by atoms with E-state index in [2.05, 4.69) is 11.9 Å². The summed E-state index contributed by atoms with van der Waals surface area (Å²) in [5.74, 6) is -2.30. The molecule has 0 bridgehead atoms. The number of amides is 1. The Balaban J connectivity index is 1.84. The first-order valence-corrected chi connectivity index (χ1v) is 12.3. The van der Waals surface area contributed by atoms with Gasteiger partial charge in [-0.1, -0.05) is 62.9 Å². The van der Waals surface area contributed by atoms with E-state index in [0.29, 0.717) is 24.8 Å². The van der Waals surface area contributed by atoms with Crippen LogP contribution in [0.15, 0.2) is 54.6 Å². The Bertz CT molecular complexity index is 986. The van der Waals surface area contributed by atoms with Crippen molar-refractivity contribution >= 4 is 11.7 Å². The van der Waals surface area contributed by atoms with E-state index in [1.165, 1.54) is 0 Å². The summed E-state index contributed by atoms with van der Waals surface area (Å²) in [6.07, 6.45) is 2.46. The molecule has 4 N–H and O–H groups in total. The summed E-state index contributed by atoms with van der Waals surface area (Å²) in [5, 5.41) is 36.2. The summed E-state index contributed by atoms with van der Waals surface area (Å²) in [7, 11) is 0. The highest BCUT2D eigenvalue weighted by Gasteiger charge is 2.68. The van der Waals surface area contributed by atoms with Crippen molar-refractivity contribution in [3.63, 3.8) is 0 Å². The summed E-state index contributed by atoms with van der Waals surface area (Å²) >= 11 is 0. The van der Waals surface area contributed by atoms with Gasteiger partial charge in [0.25, 0.3) is 0 Å². The van der Waals surface area contributed by atoms with Gasteiger partial charge in [-0.2, -0.15) is 0 Å². The van der Waals surface area contributed by atoms with E-state index < -0.39 is 46.8 Å². The lowest BCUT2D eigenvalue weighted by atomic mass is 9.51. The predicted octanol–water partition coefficient (Wildman–Crippen LogP) is 2.57. The lowest BCUT2D eigenvalue weighted by molar-refractivity contribution is -0.156. The predicted molar refractivity (Wildman–Crippen MR) is 130 cm³/mol. The standard InChI is InChI=1S/C28H37NO5/c1-16-9-8-12-20-25(32)18(3)17(2)24-21(13-19-10-6-5-7-11-19)29-26(33)28(20,24)23(31)14-22(30)27(4,34)15-16/h5-8,10-12,16-17,20-22,24-25,30,32,34H,3,9,13-15H2,1-2,4H3,(H,29,33)/t16-,17-,20-,21-,22+,24-,25+,27-,28+/m0/s1. The molecule has 184 valence electrons. The van der Waals surface area contributed by atoms with Crippen LogP contribution < -0.4 is 5.32 Å². The van der Waals surface area contributed by atoms with E-state index in [9.17, 15) is 24.9 Å². The van der Waals surface area contributed by atoms with Gasteiger partial charge in [0.2, 0.25) is 5.91 Å². The van der Waals surface area contributed by atoms with E-state index >= 15 is 0 Å². The van der Waals surface area contributed by atoms with Crippen LogP contribution in [0.2, 0.25) is 0 Å². The molecule has 0 aromatic heterocycles. The second-order valence-electron chi connectivity index (χ2n) is 11.0. The molecule has 1 saturated heterocycles. The summed E-state index contributed by atoms with van der Waals surface area (Å²) in [4.78, 5) is 27.9. The molecule has 6 nitrogen and oxygen atoms in total. The summed E-state index contributed by atoms with van der Waals surface area (Å²) < 4.78 is 0. The van der Waals surface area contributed by atoms with Crippen LogP contribution in [0.1, 0.15) is 45.6 Å². The maximum absolute atomic E-state index is 14.1. The van der Waals surface area contributed by atoms with E-state index in [1.807, 2.05) is 50.3 Å². The van der Waals surface area contributed by atoms with Gasteiger partial charge in [0, 0.05) is 24.3 Å². The van der Waals surface area contributed by atoms with Crippen LogP contribution in [-0.2, 0) is 16.0 Å². The molecule has 1 spiro atoms. The monoisotopic (exact) mass is 467 g/mol. The minimum absolute atomic E-state index is 0.0481. The van der Waals surface area contributed by atoms with Crippen molar-refractivity contribution in [2.45, 2.75) is 70.3 Å². The lowest BCUT2D eigenvalue weighted by Gasteiger charge is -2.49. The van der Waals surface area contributed by atoms with Crippen LogP contribution in [-0.4, -0.2) is 50.9 Å². The molecule has 1 aromatic carbocycles. The minimum Gasteiger partial charge on any atom is -0.390 e. The molecule has 0 radical (unpaired) electrons. The van der Waals surface area contributed by atoms with Crippen LogP contribution in [0, 0.1) is 29.1 Å². The second kappa shape index (κ2) is 9.06. The highest BCUT2D eigenvalue weighted by molar-refractivity contribution is 6.09. The summed E-state index contributed by atoms with van der Waals surface area (Å²) in [5.41, 5.74) is -1.34. The van der Waals surface area contributed by atoms with Crippen LogP contribution in [0.4, 0.5) is 0 Å². The molecular weight excluding hydrogens is 430 g/mol. The number of allylic oxidation sites excluding steroid dienone is 1. The van der Waals surface area contributed by atoms with Crippen LogP contribution in [0.3, 0.4) is 0 Å². The normalized spacial score (nSPS) is 43.0. The first kappa shape index (κ1) is 24.8. The third kappa shape index (κ3) is 3.96. The van der Waals surface area contributed by atoms with Crippen molar-refractivity contribution in [1.29, 1.82) is 0 Å². The number of hydrogen-bond donors (Lipinski definition) is 4. The zero-order chi connectivity index (χ0) is 24.8. The molecule has 9 atom stereocenters. The van der Waals surface area contributed by atoms with Gasteiger partial charge in [-0.25, -0.2) is 0 Å². The number of rotatable bonds is 2. The van der Waals surface area contributed by atoms with Crippen LogP contribution in [0.5, 0.6) is 0 Å². The molecule has 2 aliphatic carbocycles. The van der Waals surface area contributed by atoms with Crippen LogP contribution in [0.25, 0.3) is 0 Å². The fourth-order valence-electron chi connectivity index (χ4n) is 6.69. The third-order valence-electron chi connectivity index (χ3n) is 8.52. The maximum atomic E-state index is 14.1. The van der Waals surface area contributed by atoms with E-state index in [0.717, 1.165) is 5.56 Å². The lowest BCUT2D eigenvalue weighted by Crippen LogP contribution is -2.59. The Hall–Kier alpha value is -2.28. The number of aliphatic hydroxyl groups is 3. The Morgan fingerprint density at radius 2 is 1.82 bits per heavy atom. The van der Waals surface area contributed by atoms with Crippen molar-refractivity contribution in [3.05, 3.63) is 60.2 Å². The molecule has 6 heteroatoms. The number of hydrogen-bond acceptors (Lipinski definition) is 5. The smallest absolute Gasteiger partial charge is 0.235 e. The average molecular weight is 468 g/mol. The Labute approximate surface area is 201 Å². The van der Waals surface area contributed by atoms with Gasteiger partial charge in [0.15, 0.2) is 5.78 Å². The fraction of sp³-hybridized carbons (Fsp3) is 0.571. The molecule has 1 aliphatic heterocycles. The molecule has 4 rings (SSSR count). The zero-order valence-electron chi connectivity index (χ0n) is 20.3. The van der Waals surface area contributed by atoms with E-state index in [-0.39, 0.29) is 24.3 Å². The van der Waals surface area contributed by atoms with Crippen molar-refractivity contribution in [1.82, 2.24) is 5.32 Å². The van der Waals surface area contributed by atoms with Gasteiger partial charge in [-0.15, -0.1) is 0 Å². The summed E-state index contributed by atoms with van der Waals surface area (Å²) in [6.45, 7) is 9.60. The Morgan fingerprint density at radius 3 is 2.50 bits per heavy atom. The number of carbonyl (C=O) groups is 2. The molecule has 0 unspecified atom stereocenters. The quantitative estimate of drug-likeness (QED) is 0.395. The molecule has 1 aromatic rings. The second-order valence-corrected chi connectivity index (χ2v) is 11.0. The van der Waals surface area contributed by atoms with Crippen molar-refractivity contribution in [2.75, 3.05) is 0 Å². The first-order chi connectivity index (χ1) is 16.0. The van der Waals surface area contributed by atoms with Crippen molar-refractivity contribution in [2.24, 2.45) is 29.1 Å². The number of benzene rings is 1. The number of ketones is 1. The van der Waals surface area contributed by atoms with Gasteiger partial charge in [-0.05, 0) is 49.2 Å². The molecule has 34 heavy (non-hydrogen) atoms. The third-order valence-corrected chi connectivity index (χ3v) is 8.52. The largest absolute Gasteiger partial charge is 0.390 e. The Kier molecular flexibility index (Phi) is 6.62. The van der Waals surface area contributed by atoms with Gasteiger partial charge >= 0.3 is 0 Å². The van der Waals surface area contributed by atoms with Gasteiger partial charge in [-0.3, -0.25) is 9.59 Å². The van der Waals surface area contributed by atoms with Crippen LogP contribution >= 0.6 is 0 Å². The molecule has 2 fully saturated rings. The SMILES string of the molecule is C=C1[C@@H](O)[C@@H]2C=CC[C@H](C)C[C@](C)(O)[C@H](O)CC(=O)[C@]23C(=O)N[C@@H](Cc2ccccc2)[C@@H]3[C@H]1C. The van der Waals surface area contributed by atoms with Crippen molar-refractivity contribution < 1.29 is 24.9 Å². The van der Waals surface area contributed by atoms with Crippen molar-refractivity contribution in [3.8, 4) is 0 Å². The number of Topliss-reactive ketones (excluding diaryl/α,β-unsaturated/α-hetero) is 1. The summed E-state index contributed by atoms with van der Waals surface area (Å²) in [6, 6.07) is 9.48. The number of carbonyl (C=O) groups excluding carboxylic acids is 2. The number of aliphatic hydroxyl groups excluding tert-OH is 2. The number of nitrogens with one attached hydrogen (secondary N) is 1. The minimum atomic E-state index is -1.54. The highest BCUT2D eigenvalue weighted by Crippen LogP contribution is 2.57. The van der Waals surface area contributed by atoms with E-state index in [4.69, 9.17) is 0 Å². The molecule has 1 amide bonds. The van der Waals surface area contributed by atoms with Gasteiger partial charge < -0.3 is 20.6 Å². The first-order valence-electron chi connectivity index (χ1n) is 12.3. The van der Waals surface area contributed by atoms with E-state index in [1.54, 1.807) is 13.0 Å². The Morgan fingerprint density at radius 1 is 1.15 bits per heavy atom. The highest BCUT2D eigenvalue weighted by atomic mass is 16.3. The molecular formula is C28H37NO5. The van der Waals surface area contributed by atoms with Gasteiger partial charge in [0.1, 0.15) is 5.41 Å². The maximum Gasteiger partial charge on any atom is 0.235 e. The topological polar surface area (TPSA) is 107 Å². The average Bonchev–Trinajstić information content (AvgIpc) is 3.06. The molecule has 1 heterocycles. The molecule has 1 saturated carbocycles. The zero-order valence-corrected chi connectivity index (χ0v) is 20.3. The van der Waals surface area contributed by atoms with Gasteiger partial charge in [0.05, 0.1) is 17.8 Å².